The molecule has 256 valence electrons. The number of nitrogens with zero attached hydrogens (tertiary/aromatic N) is 2. The quantitative estimate of drug-likeness (QED) is 0.0664. The van der Waals surface area contributed by atoms with E-state index in [2.05, 4.69) is 55.4 Å². The van der Waals surface area contributed by atoms with Crippen LogP contribution in [0, 0.1) is 0 Å². The molecule has 0 saturated heterocycles. The second kappa shape index (κ2) is 34.7. The van der Waals surface area contributed by atoms with E-state index < -0.39 is 6.16 Å². The first-order valence-electron chi connectivity index (χ1n) is 18.8. The molecule has 5 heteroatoms. The molecular formula is C37H80N2O3. The molecule has 0 unspecified atom stereocenters. The molecule has 0 amide bonds. The third-order valence-corrected chi connectivity index (χ3v) is 10.00. The molecule has 0 aromatic heterocycles. The highest BCUT2D eigenvalue weighted by molar-refractivity contribution is 5.47. The first-order chi connectivity index (χ1) is 20.2. The van der Waals surface area contributed by atoms with E-state index in [9.17, 15) is 0 Å². The van der Waals surface area contributed by atoms with Crippen LogP contribution >= 0.6 is 0 Å². The van der Waals surface area contributed by atoms with Crippen molar-refractivity contribution in [3.8, 4) is 0 Å². The van der Waals surface area contributed by atoms with Crippen LogP contribution in [0.25, 0.3) is 0 Å². The first kappa shape index (κ1) is 45.6. The van der Waals surface area contributed by atoms with Gasteiger partial charge in [-0.3, -0.25) is 0 Å². The van der Waals surface area contributed by atoms with Gasteiger partial charge in [-0.15, -0.1) is 0 Å². The van der Waals surface area contributed by atoms with Crippen LogP contribution in [0.5, 0.6) is 0 Å². The zero-order chi connectivity index (χ0) is 32.4. The molecule has 5 nitrogen and oxygen atoms in total. The fraction of sp³-hybridized carbons (Fsp3) is 0.973. The minimum absolute atomic E-state index is 1.31. The van der Waals surface area contributed by atoms with Crippen LogP contribution in [0.2, 0.25) is 0 Å². The summed E-state index contributed by atoms with van der Waals surface area (Å²) in [7, 11) is 0. The molecule has 0 N–H and O–H groups in total. The number of hydrogen-bond acceptors (Lipinski definition) is 3. The molecule has 0 saturated carbocycles. The van der Waals surface area contributed by atoms with Crippen molar-refractivity contribution in [2.45, 2.75) is 184 Å². The Bertz CT molecular complexity index is 459. The van der Waals surface area contributed by atoms with E-state index in [0.717, 1.165) is 0 Å². The molecule has 0 aliphatic carbocycles. The van der Waals surface area contributed by atoms with Crippen molar-refractivity contribution in [3.05, 3.63) is 0 Å². The third kappa shape index (κ3) is 30.6. The van der Waals surface area contributed by atoms with Gasteiger partial charge in [-0.1, -0.05) is 117 Å². The molecule has 0 spiro atoms. The monoisotopic (exact) mass is 601 g/mol. The van der Waals surface area contributed by atoms with Crippen molar-refractivity contribution in [1.82, 2.24) is 0 Å². The number of unbranched alkanes of at least 4 members (excludes halogenated alkanes) is 18. The van der Waals surface area contributed by atoms with E-state index >= 15 is 0 Å². The summed E-state index contributed by atoms with van der Waals surface area (Å²) in [5.41, 5.74) is 0. The first-order valence-corrected chi connectivity index (χ1v) is 18.8. The van der Waals surface area contributed by atoms with Gasteiger partial charge in [-0.05, 0) is 73.4 Å². The maximum atomic E-state index is 8.33. The Morgan fingerprint density at radius 3 is 0.690 bits per heavy atom. The highest BCUT2D eigenvalue weighted by atomic mass is 16.6. The van der Waals surface area contributed by atoms with Crippen LogP contribution in [0.4, 0.5) is 4.79 Å². The Morgan fingerprint density at radius 2 is 0.524 bits per heavy atom. The van der Waals surface area contributed by atoms with Gasteiger partial charge in [0.1, 0.15) is 0 Å². The van der Waals surface area contributed by atoms with Crippen molar-refractivity contribution >= 4 is 6.16 Å². The summed E-state index contributed by atoms with van der Waals surface area (Å²) in [5.74, 6) is 0. The van der Waals surface area contributed by atoms with Gasteiger partial charge in [0.25, 0.3) is 0 Å². The molecule has 0 bridgehead atoms. The van der Waals surface area contributed by atoms with Crippen LogP contribution in [0.1, 0.15) is 184 Å². The number of carbonyl (C=O) groups excluding carboxylic acids is 1. The highest BCUT2D eigenvalue weighted by Crippen LogP contribution is 2.15. The Balaban J connectivity index is -0.000000641. The van der Waals surface area contributed by atoms with E-state index in [1.54, 1.807) is 0 Å². The van der Waals surface area contributed by atoms with Crippen LogP contribution < -0.4 is 10.2 Å². The van der Waals surface area contributed by atoms with E-state index in [1.165, 1.54) is 190 Å². The van der Waals surface area contributed by atoms with Gasteiger partial charge in [0, 0.05) is 0 Å². The summed E-state index contributed by atoms with van der Waals surface area (Å²) < 4.78 is 2.66. The molecule has 0 aliphatic heterocycles. The van der Waals surface area contributed by atoms with Crippen LogP contribution in [-0.2, 0) is 0 Å². The molecule has 0 aliphatic rings. The van der Waals surface area contributed by atoms with Gasteiger partial charge in [0.05, 0.1) is 52.4 Å². The summed E-state index contributed by atoms with van der Waals surface area (Å²) in [4.78, 5) is 8.33. The fourth-order valence-corrected chi connectivity index (χ4v) is 6.16. The summed E-state index contributed by atoms with van der Waals surface area (Å²) in [6.07, 6.45) is 26.7. The van der Waals surface area contributed by atoms with Gasteiger partial charge in [-0.25, -0.2) is 0 Å². The van der Waals surface area contributed by atoms with Crippen LogP contribution in [0.3, 0.4) is 0 Å². The van der Waals surface area contributed by atoms with E-state index in [1.807, 2.05) is 0 Å². The highest BCUT2D eigenvalue weighted by Gasteiger charge is 2.20. The maximum absolute atomic E-state index is 8.33. The molecule has 0 aromatic carbocycles. The lowest BCUT2D eigenvalue weighted by Gasteiger charge is -2.35. The Labute approximate surface area is 266 Å². The normalized spacial score (nSPS) is 11.4. The summed E-state index contributed by atoms with van der Waals surface area (Å²) in [6.45, 7) is 29.4. The second-order valence-corrected chi connectivity index (χ2v) is 12.6. The van der Waals surface area contributed by atoms with Crippen LogP contribution in [0.15, 0.2) is 0 Å². The van der Waals surface area contributed by atoms with Crippen molar-refractivity contribution in [2.75, 3.05) is 52.4 Å². The van der Waals surface area contributed by atoms with Gasteiger partial charge in [0.15, 0.2) is 0 Å². The number of carboxylic acid groups (broad SMARTS) is 2. The standard InChI is InChI=1S/2C18H40N.CH2O3/c2*1-5-9-10-11-12-13-14-15-16-17-18-19(6-2,7-3)8-4;2-1(3)4/h2*5-18H2,1-4H3;(H2,2,3,4)/q2*+1;/p-2. The lowest BCUT2D eigenvalue weighted by Crippen LogP contribution is -2.48. The molecule has 0 aromatic rings. The Kier molecular flexibility index (Phi) is 37.7. The smallest absolute Gasteiger partial charge is 0.0786 e. The number of carbonyl (C=O) groups is 1. The van der Waals surface area contributed by atoms with Crippen molar-refractivity contribution in [1.29, 1.82) is 0 Å². The number of quaternary nitrogens is 2. The van der Waals surface area contributed by atoms with E-state index in [4.69, 9.17) is 15.0 Å². The zero-order valence-electron chi connectivity index (χ0n) is 30.4. The van der Waals surface area contributed by atoms with Gasteiger partial charge in [-0.2, -0.15) is 0 Å². The van der Waals surface area contributed by atoms with Crippen molar-refractivity contribution in [2.24, 2.45) is 0 Å². The lowest BCUT2D eigenvalue weighted by molar-refractivity contribution is -0.923. The van der Waals surface area contributed by atoms with E-state index in [-0.39, 0.29) is 0 Å². The lowest BCUT2D eigenvalue weighted by atomic mass is 10.1. The number of rotatable bonds is 28. The van der Waals surface area contributed by atoms with Crippen molar-refractivity contribution in [3.63, 3.8) is 0 Å². The maximum Gasteiger partial charge on any atom is 0.0786 e. The zero-order valence-corrected chi connectivity index (χ0v) is 30.4. The van der Waals surface area contributed by atoms with Crippen LogP contribution in [-0.4, -0.2) is 67.5 Å². The molecular weight excluding hydrogens is 520 g/mol. The van der Waals surface area contributed by atoms with Gasteiger partial charge in [0.2, 0.25) is 0 Å². The predicted molar refractivity (Wildman–Crippen MR) is 183 cm³/mol. The second-order valence-electron chi connectivity index (χ2n) is 12.6. The Hall–Kier alpha value is -0.810. The minimum atomic E-state index is -2.33. The van der Waals surface area contributed by atoms with E-state index in [0.29, 0.717) is 0 Å². The fourth-order valence-electron chi connectivity index (χ4n) is 6.16. The summed E-state index contributed by atoms with van der Waals surface area (Å²) in [5, 5.41) is 16.7. The predicted octanol–water partition coefficient (Wildman–Crippen LogP) is 9.12. The molecule has 0 heterocycles. The average Bonchev–Trinajstić information content (AvgIpc) is 3.00. The average molecular weight is 601 g/mol. The SMILES string of the molecule is CCCCCCCCCCCC[N+](CC)(CC)CC.CCCCCCCCCCCC[N+](CC)(CC)CC.O=C([O-])[O-]. The topological polar surface area (TPSA) is 63.2 Å². The summed E-state index contributed by atoms with van der Waals surface area (Å²) in [6, 6.07) is 0. The van der Waals surface area contributed by atoms with Crippen molar-refractivity contribution < 1.29 is 24.0 Å². The molecule has 0 rings (SSSR count). The Morgan fingerprint density at radius 1 is 0.357 bits per heavy atom. The molecule has 0 atom stereocenters. The van der Waals surface area contributed by atoms with Gasteiger partial charge >= 0.3 is 0 Å². The number of hydrogen-bond donors (Lipinski definition) is 0. The molecule has 0 radical (unpaired) electrons. The summed E-state index contributed by atoms with van der Waals surface area (Å²) >= 11 is 0. The molecule has 42 heavy (non-hydrogen) atoms. The minimum Gasteiger partial charge on any atom is -0.652 e. The van der Waals surface area contributed by atoms with Gasteiger partial charge < -0.3 is 24.0 Å². The third-order valence-electron chi connectivity index (χ3n) is 10.00. The largest absolute Gasteiger partial charge is 0.652 e. The molecule has 0 fully saturated rings.